The summed E-state index contributed by atoms with van der Waals surface area (Å²) in [7, 11) is 0. The Morgan fingerprint density at radius 1 is 0.839 bits per heavy atom. The van der Waals surface area contributed by atoms with Crippen molar-refractivity contribution in [1.29, 1.82) is 0 Å². The lowest BCUT2D eigenvalue weighted by Gasteiger charge is -2.26. The molecule has 2 aliphatic rings. The van der Waals surface area contributed by atoms with Crippen LogP contribution in [0.1, 0.15) is 0 Å². The largest absolute Gasteiger partial charge is 0.379 e. The van der Waals surface area contributed by atoms with E-state index in [9.17, 15) is 0 Å². The van der Waals surface area contributed by atoms with Gasteiger partial charge in [0.05, 0.1) is 26.4 Å². The zero-order chi connectivity index (χ0) is 21.5. The van der Waals surface area contributed by atoms with Gasteiger partial charge in [0, 0.05) is 52.4 Å². The van der Waals surface area contributed by atoms with Gasteiger partial charge in [0.1, 0.15) is 0 Å². The van der Waals surface area contributed by atoms with E-state index in [-0.39, 0.29) is 0 Å². The minimum atomic E-state index is 0.325. The Labute approximate surface area is 191 Å². The fraction of sp³-hybridized carbons (Fsp3) is 0.684. The van der Waals surface area contributed by atoms with Gasteiger partial charge in [-0.1, -0.05) is 23.4 Å². The second-order valence-corrected chi connectivity index (χ2v) is 8.49. The van der Waals surface area contributed by atoms with Gasteiger partial charge < -0.3 is 20.1 Å². The van der Waals surface area contributed by atoms with E-state index in [1.54, 1.807) is 0 Å². The van der Waals surface area contributed by atoms with E-state index in [0.29, 0.717) is 33.1 Å². The molecule has 10 nitrogen and oxygen atoms in total. The van der Waals surface area contributed by atoms with Crippen molar-refractivity contribution in [3.05, 3.63) is 5.15 Å². The predicted octanol–water partition coefficient (Wildman–Crippen LogP) is 1.28. The number of ether oxygens (including phenoxy) is 2. The van der Waals surface area contributed by atoms with E-state index in [0.717, 1.165) is 78.8 Å². The number of nitrogens with zero attached hydrogens (tertiary/aromatic N) is 6. The molecule has 0 atom stereocenters. The van der Waals surface area contributed by atoms with Crippen molar-refractivity contribution in [3.8, 4) is 0 Å². The molecule has 0 aliphatic carbocycles. The van der Waals surface area contributed by atoms with Crippen LogP contribution in [0, 0.1) is 0 Å². The minimum Gasteiger partial charge on any atom is -0.379 e. The molecule has 2 fully saturated rings. The van der Waals surface area contributed by atoms with Crippen molar-refractivity contribution in [2.75, 3.05) is 95.7 Å². The summed E-state index contributed by atoms with van der Waals surface area (Å²) in [4.78, 5) is 23.1. The maximum atomic E-state index is 6.45. The molecule has 4 heterocycles. The van der Waals surface area contributed by atoms with Crippen LogP contribution >= 0.6 is 23.4 Å². The van der Waals surface area contributed by atoms with E-state index in [1.165, 1.54) is 11.8 Å². The van der Waals surface area contributed by atoms with Gasteiger partial charge in [0.2, 0.25) is 0 Å². The smallest absolute Gasteiger partial charge is 0.191 e. The molecule has 0 unspecified atom stereocenters. The summed E-state index contributed by atoms with van der Waals surface area (Å²) in [5.41, 5.74) is 1.12. The number of rotatable bonds is 9. The third kappa shape index (κ3) is 6.27. The van der Waals surface area contributed by atoms with Crippen LogP contribution in [0.2, 0.25) is 5.15 Å². The van der Waals surface area contributed by atoms with Gasteiger partial charge in [-0.3, -0.25) is 9.80 Å². The number of thioether (sulfide) groups is 1. The van der Waals surface area contributed by atoms with Gasteiger partial charge in [0.15, 0.2) is 33.1 Å². The molecule has 170 valence electrons. The average molecular weight is 469 g/mol. The fourth-order valence-corrected chi connectivity index (χ4v) is 4.10. The number of halogens is 1. The Hall–Kier alpha value is -1.50. The molecule has 2 aromatic heterocycles. The highest BCUT2D eigenvalue weighted by Gasteiger charge is 2.16. The molecule has 2 aromatic rings. The van der Waals surface area contributed by atoms with Crippen LogP contribution in [0.25, 0.3) is 11.2 Å². The van der Waals surface area contributed by atoms with Gasteiger partial charge >= 0.3 is 0 Å². The third-order valence-corrected chi connectivity index (χ3v) is 6.11. The van der Waals surface area contributed by atoms with Crippen LogP contribution in [0.5, 0.6) is 0 Å². The summed E-state index contributed by atoms with van der Waals surface area (Å²) in [6, 6.07) is 0. The Morgan fingerprint density at radius 3 is 2.00 bits per heavy atom. The molecule has 12 heteroatoms. The topological polar surface area (TPSA) is 101 Å². The highest BCUT2D eigenvalue weighted by atomic mass is 35.5. The first-order valence-corrected chi connectivity index (χ1v) is 12.2. The predicted molar refractivity (Wildman–Crippen MR) is 123 cm³/mol. The Balaban J connectivity index is 1.43. The van der Waals surface area contributed by atoms with Gasteiger partial charge in [-0.05, 0) is 6.26 Å². The molecule has 31 heavy (non-hydrogen) atoms. The lowest BCUT2D eigenvalue weighted by atomic mass is 10.4. The molecule has 2 saturated heterocycles. The molecule has 0 saturated carbocycles. The third-order valence-electron chi connectivity index (χ3n) is 5.30. The quantitative estimate of drug-likeness (QED) is 0.411. The summed E-state index contributed by atoms with van der Waals surface area (Å²) >= 11 is 7.92. The summed E-state index contributed by atoms with van der Waals surface area (Å²) in [5.74, 6) is 1.21. The van der Waals surface area contributed by atoms with Gasteiger partial charge in [0.25, 0.3) is 0 Å². The molecule has 4 rings (SSSR count). The van der Waals surface area contributed by atoms with Gasteiger partial charge in [-0.15, -0.1) is 0 Å². The van der Waals surface area contributed by atoms with E-state index < -0.39 is 0 Å². The normalized spacial score (nSPS) is 18.4. The first-order chi connectivity index (χ1) is 15.2. The van der Waals surface area contributed by atoms with Crippen LogP contribution in [0.3, 0.4) is 0 Å². The molecule has 2 N–H and O–H groups in total. The van der Waals surface area contributed by atoms with Gasteiger partial charge in [-0.2, -0.15) is 0 Å². The molecule has 0 radical (unpaired) electrons. The summed E-state index contributed by atoms with van der Waals surface area (Å²) in [6.45, 7) is 10.2. The molecule has 0 aromatic carbocycles. The summed E-state index contributed by atoms with van der Waals surface area (Å²) in [6.07, 6.45) is 1.95. The second-order valence-electron chi connectivity index (χ2n) is 7.36. The number of fused-ring (bicyclic) bond motifs is 1. The first kappa shape index (κ1) is 22.7. The number of morpholine rings is 2. The molecule has 0 spiro atoms. The van der Waals surface area contributed by atoms with Crippen molar-refractivity contribution in [1.82, 2.24) is 29.7 Å². The molecule has 0 bridgehead atoms. The number of aromatic nitrogens is 4. The summed E-state index contributed by atoms with van der Waals surface area (Å²) < 4.78 is 10.8. The second kappa shape index (κ2) is 11.4. The molecular formula is C19H29ClN8O2S. The highest BCUT2D eigenvalue weighted by Crippen LogP contribution is 2.26. The summed E-state index contributed by atoms with van der Waals surface area (Å²) in [5, 5.41) is 7.67. The van der Waals surface area contributed by atoms with Gasteiger partial charge in [-0.25, -0.2) is 19.9 Å². The van der Waals surface area contributed by atoms with Crippen LogP contribution in [-0.2, 0) is 9.47 Å². The van der Waals surface area contributed by atoms with E-state index in [1.807, 2.05) is 6.26 Å². The zero-order valence-corrected chi connectivity index (χ0v) is 19.3. The maximum Gasteiger partial charge on any atom is 0.191 e. The SMILES string of the molecule is CSc1nc(NCCN2CCOCC2)c2nc(Cl)c(NCCN3CCOCC3)nc2n1. The van der Waals surface area contributed by atoms with Crippen LogP contribution in [0.4, 0.5) is 11.6 Å². The Morgan fingerprint density at radius 2 is 1.42 bits per heavy atom. The molecule has 2 aliphatic heterocycles. The number of nitrogens with one attached hydrogen (secondary N) is 2. The van der Waals surface area contributed by atoms with Crippen molar-refractivity contribution >= 4 is 46.2 Å². The van der Waals surface area contributed by atoms with Crippen molar-refractivity contribution < 1.29 is 9.47 Å². The van der Waals surface area contributed by atoms with Crippen LogP contribution < -0.4 is 10.6 Å². The Bertz CT molecular complexity index is 864. The standard InChI is InChI=1S/C19H29ClN8O2S/c1-31-19-25-16(21-2-4-27-6-10-29-11-7-27)14-17(26-19)24-18(15(20)23-14)22-3-5-28-8-12-30-13-9-28/h2-13H2,1H3,(H2,21,22,24,25,26). The van der Waals surface area contributed by atoms with Crippen molar-refractivity contribution in [3.63, 3.8) is 0 Å². The minimum absolute atomic E-state index is 0.325. The number of hydrogen-bond acceptors (Lipinski definition) is 11. The number of hydrogen-bond donors (Lipinski definition) is 2. The first-order valence-electron chi connectivity index (χ1n) is 10.6. The lowest BCUT2D eigenvalue weighted by molar-refractivity contribution is 0.0398. The van der Waals surface area contributed by atoms with Crippen LogP contribution in [0.15, 0.2) is 5.16 Å². The van der Waals surface area contributed by atoms with Crippen molar-refractivity contribution in [2.24, 2.45) is 0 Å². The maximum absolute atomic E-state index is 6.45. The van der Waals surface area contributed by atoms with Crippen LogP contribution in [-0.4, -0.2) is 115 Å². The number of anilines is 2. The van der Waals surface area contributed by atoms with E-state index in [2.05, 4.69) is 40.4 Å². The van der Waals surface area contributed by atoms with E-state index >= 15 is 0 Å². The molecule has 0 amide bonds. The monoisotopic (exact) mass is 468 g/mol. The van der Waals surface area contributed by atoms with Crippen molar-refractivity contribution in [2.45, 2.75) is 5.16 Å². The molecular weight excluding hydrogens is 440 g/mol. The Kier molecular flexibility index (Phi) is 8.34. The average Bonchev–Trinajstić information content (AvgIpc) is 2.81. The zero-order valence-electron chi connectivity index (χ0n) is 17.8. The highest BCUT2D eigenvalue weighted by molar-refractivity contribution is 7.98. The van der Waals surface area contributed by atoms with E-state index in [4.69, 9.17) is 21.1 Å². The fourth-order valence-electron chi connectivity index (χ4n) is 3.55. The lowest BCUT2D eigenvalue weighted by Crippen LogP contribution is -2.39.